The SMILES string of the molecule is CCC(O)C(O)CC(c1ccccc1)c1ccccc1. The van der Waals surface area contributed by atoms with Crippen LogP contribution in [0.4, 0.5) is 0 Å². The molecule has 0 amide bonds. The third-order valence-corrected chi connectivity index (χ3v) is 3.74. The van der Waals surface area contributed by atoms with Gasteiger partial charge in [-0.15, -0.1) is 0 Å². The summed E-state index contributed by atoms with van der Waals surface area (Å²) in [6.45, 7) is 1.88. The number of aliphatic hydroxyl groups excluding tert-OH is 2. The molecule has 2 unspecified atom stereocenters. The highest BCUT2D eigenvalue weighted by atomic mass is 16.3. The molecule has 0 spiro atoms. The monoisotopic (exact) mass is 270 g/mol. The fraction of sp³-hybridized carbons (Fsp3) is 0.333. The van der Waals surface area contributed by atoms with Crippen molar-refractivity contribution in [3.8, 4) is 0 Å². The topological polar surface area (TPSA) is 40.5 Å². The Morgan fingerprint density at radius 3 is 1.60 bits per heavy atom. The molecule has 2 atom stereocenters. The normalized spacial score (nSPS) is 14.2. The number of benzene rings is 2. The molecule has 106 valence electrons. The minimum absolute atomic E-state index is 0.105. The molecule has 2 rings (SSSR count). The Hall–Kier alpha value is -1.64. The lowest BCUT2D eigenvalue weighted by atomic mass is 9.85. The van der Waals surface area contributed by atoms with E-state index in [1.807, 2.05) is 43.3 Å². The Morgan fingerprint density at radius 2 is 1.20 bits per heavy atom. The van der Waals surface area contributed by atoms with E-state index in [4.69, 9.17) is 0 Å². The zero-order valence-corrected chi connectivity index (χ0v) is 11.8. The fourth-order valence-corrected chi connectivity index (χ4v) is 2.51. The third-order valence-electron chi connectivity index (χ3n) is 3.74. The van der Waals surface area contributed by atoms with Crippen LogP contribution in [0.3, 0.4) is 0 Å². The third kappa shape index (κ3) is 3.69. The average Bonchev–Trinajstić information content (AvgIpc) is 2.53. The fourth-order valence-electron chi connectivity index (χ4n) is 2.51. The quantitative estimate of drug-likeness (QED) is 0.845. The van der Waals surface area contributed by atoms with Crippen molar-refractivity contribution in [1.82, 2.24) is 0 Å². The molecule has 2 heteroatoms. The molecule has 0 aromatic heterocycles. The smallest absolute Gasteiger partial charge is 0.0808 e. The van der Waals surface area contributed by atoms with E-state index in [1.54, 1.807) is 0 Å². The lowest BCUT2D eigenvalue weighted by Crippen LogP contribution is -2.27. The van der Waals surface area contributed by atoms with Crippen molar-refractivity contribution in [2.75, 3.05) is 0 Å². The molecule has 2 nitrogen and oxygen atoms in total. The molecule has 0 saturated carbocycles. The number of hydrogen-bond donors (Lipinski definition) is 2. The van der Waals surface area contributed by atoms with Crippen LogP contribution in [0.1, 0.15) is 36.8 Å². The first-order valence-corrected chi connectivity index (χ1v) is 7.18. The first-order valence-electron chi connectivity index (χ1n) is 7.18. The van der Waals surface area contributed by atoms with Crippen LogP contribution >= 0.6 is 0 Å². The molecule has 0 radical (unpaired) electrons. The molecule has 2 aromatic rings. The average molecular weight is 270 g/mol. The van der Waals surface area contributed by atoms with Crippen LogP contribution in [-0.2, 0) is 0 Å². The predicted molar refractivity (Wildman–Crippen MR) is 81.6 cm³/mol. The van der Waals surface area contributed by atoms with Crippen LogP contribution in [0.25, 0.3) is 0 Å². The van der Waals surface area contributed by atoms with Crippen LogP contribution in [0.2, 0.25) is 0 Å². The second-order valence-electron chi connectivity index (χ2n) is 5.15. The molecule has 2 aromatic carbocycles. The largest absolute Gasteiger partial charge is 0.390 e. The summed E-state index contributed by atoms with van der Waals surface area (Å²) in [7, 11) is 0. The summed E-state index contributed by atoms with van der Waals surface area (Å²) in [5, 5.41) is 20.0. The van der Waals surface area contributed by atoms with Gasteiger partial charge in [-0.05, 0) is 24.0 Å². The number of rotatable bonds is 6. The van der Waals surface area contributed by atoms with E-state index in [1.165, 1.54) is 11.1 Å². The summed E-state index contributed by atoms with van der Waals surface area (Å²) in [6, 6.07) is 20.3. The Kier molecular flexibility index (Phi) is 5.33. The van der Waals surface area contributed by atoms with E-state index in [9.17, 15) is 10.2 Å². The van der Waals surface area contributed by atoms with Crippen LogP contribution in [0.5, 0.6) is 0 Å². The van der Waals surface area contributed by atoms with Crippen molar-refractivity contribution >= 4 is 0 Å². The summed E-state index contributed by atoms with van der Waals surface area (Å²) in [5.41, 5.74) is 2.34. The Bertz CT molecular complexity index is 456. The highest BCUT2D eigenvalue weighted by molar-refractivity contribution is 5.32. The summed E-state index contributed by atoms with van der Waals surface area (Å²) < 4.78 is 0. The zero-order chi connectivity index (χ0) is 14.4. The molecule has 0 bridgehead atoms. The molecular weight excluding hydrogens is 248 g/mol. The van der Waals surface area contributed by atoms with Crippen LogP contribution in [0, 0.1) is 0 Å². The minimum Gasteiger partial charge on any atom is -0.390 e. The van der Waals surface area contributed by atoms with Gasteiger partial charge in [0.15, 0.2) is 0 Å². The van der Waals surface area contributed by atoms with Crippen LogP contribution in [-0.4, -0.2) is 22.4 Å². The van der Waals surface area contributed by atoms with Crippen molar-refractivity contribution in [1.29, 1.82) is 0 Å². The van der Waals surface area contributed by atoms with E-state index >= 15 is 0 Å². The van der Waals surface area contributed by atoms with Gasteiger partial charge < -0.3 is 10.2 Å². The van der Waals surface area contributed by atoms with Gasteiger partial charge in [0.05, 0.1) is 12.2 Å². The van der Waals surface area contributed by atoms with Gasteiger partial charge in [0.25, 0.3) is 0 Å². The first kappa shape index (κ1) is 14.8. The Balaban J connectivity index is 2.26. The zero-order valence-electron chi connectivity index (χ0n) is 11.8. The van der Waals surface area contributed by atoms with Crippen molar-refractivity contribution in [2.45, 2.75) is 37.9 Å². The number of hydrogen-bond acceptors (Lipinski definition) is 2. The standard InChI is InChI=1S/C18H22O2/c1-2-17(19)18(20)13-16(14-9-5-3-6-10-14)15-11-7-4-8-12-15/h3-12,16-20H,2,13H2,1H3. The molecule has 0 aliphatic rings. The van der Waals surface area contributed by atoms with Gasteiger partial charge in [-0.1, -0.05) is 67.6 Å². The molecule has 2 N–H and O–H groups in total. The van der Waals surface area contributed by atoms with Crippen molar-refractivity contribution in [2.24, 2.45) is 0 Å². The molecule has 0 heterocycles. The number of aliphatic hydroxyl groups is 2. The van der Waals surface area contributed by atoms with E-state index in [-0.39, 0.29) is 5.92 Å². The highest BCUT2D eigenvalue weighted by Gasteiger charge is 2.22. The first-order chi connectivity index (χ1) is 9.72. The molecule has 0 aliphatic carbocycles. The Labute approximate surface area is 120 Å². The van der Waals surface area contributed by atoms with Gasteiger partial charge in [-0.2, -0.15) is 0 Å². The van der Waals surface area contributed by atoms with Crippen molar-refractivity contribution in [3.05, 3.63) is 71.8 Å². The van der Waals surface area contributed by atoms with E-state index in [0.717, 1.165) is 0 Å². The van der Waals surface area contributed by atoms with Crippen molar-refractivity contribution in [3.63, 3.8) is 0 Å². The second kappa shape index (κ2) is 7.22. The van der Waals surface area contributed by atoms with Gasteiger partial charge in [-0.25, -0.2) is 0 Å². The minimum atomic E-state index is -0.703. The maximum atomic E-state index is 10.2. The maximum Gasteiger partial charge on any atom is 0.0808 e. The molecule has 20 heavy (non-hydrogen) atoms. The molecule has 0 fully saturated rings. The molecule has 0 aliphatic heterocycles. The second-order valence-corrected chi connectivity index (χ2v) is 5.15. The van der Waals surface area contributed by atoms with E-state index in [2.05, 4.69) is 24.3 Å². The summed E-state index contributed by atoms with van der Waals surface area (Å²) in [6.07, 6.45) is -0.268. The van der Waals surface area contributed by atoms with Crippen LogP contribution < -0.4 is 0 Å². The summed E-state index contributed by atoms with van der Waals surface area (Å²) in [4.78, 5) is 0. The van der Waals surface area contributed by atoms with E-state index in [0.29, 0.717) is 12.8 Å². The highest BCUT2D eigenvalue weighted by Crippen LogP contribution is 2.30. The maximum absolute atomic E-state index is 10.2. The lowest BCUT2D eigenvalue weighted by Gasteiger charge is -2.24. The van der Waals surface area contributed by atoms with Gasteiger partial charge >= 0.3 is 0 Å². The van der Waals surface area contributed by atoms with Crippen LogP contribution in [0.15, 0.2) is 60.7 Å². The lowest BCUT2D eigenvalue weighted by molar-refractivity contribution is 0.0105. The van der Waals surface area contributed by atoms with Gasteiger partial charge in [0, 0.05) is 5.92 Å². The van der Waals surface area contributed by atoms with Gasteiger partial charge in [0.2, 0.25) is 0 Å². The van der Waals surface area contributed by atoms with Gasteiger partial charge in [0.1, 0.15) is 0 Å². The van der Waals surface area contributed by atoms with Gasteiger partial charge in [-0.3, -0.25) is 0 Å². The van der Waals surface area contributed by atoms with E-state index < -0.39 is 12.2 Å². The predicted octanol–water partition coefficient (Wildman–Crippen LogP) is 3.34. The summed E-state index contributed by atoms with van der Waals surface area (Å²) in [5.74, 6) is 0.105. The Morgan fingerprint density at radius 1 is 0.750 bits per heavy atom. The molecular formula is C18H22O2. The molecule has 0 saturated heterocycles. The summed E-state index contributed by atoms with van der Waals surface area (Å²) >= 11 is 0. The van der Waals surface area contributed by atoms with Crippen molar-refractivity contribution < 1.29 is 10.2 Å².